The smallest absolute Gasteiger partial charge is 0.335 e. The molecule has 0 aliphatic rings. The highest BCUT2D eigenvalue weighted by atomic mass is 79.9. The lowest BCUT2D eigenvalue weighted by Gasteiger charge is -2.09. The summed E-state index contributed by atoms with van der Waals surface area (Å²) in [5, 5.41) is 8.94. The molecule has 0 saturated heterocycles. The van der Waals surface area contributed by atoms with Crippen molar-refractivity contribution in [1.29, 1.82) is 0 Å². The van der Waals surface area contributed by atoms with Gasteiger partial charge in [0.15, 0.2) is 0 Å². The van der Waals surface area contributed by atoms with Crippen molar-refractivity contribution in [2.75, 3.05) is 46.8 Å². The number of carbonyl (C=O) groups is 1. The Morgan fingerprint density at radius 2 is 1.67 bits per heavy atom. The Kier molecular flexibility index (Phi) is 9.00. The highest BCUT2D eigenvalue weighted by molar-refractivity contribution is 9.10. The van der Waals surface area contributed by atoms with Crippen molar-refractivity contribution in [3.63, 3.8) is 0 Å². The minimum Gasteiger partial charge on any atom is -0.491 e. The van der Waals surface area contributed by atoms with Crippen LogP contribution in [0, 0.1) is 0 Å². The largest absolute Gasteiger partial charge is 0.491 e. The number of hydrogen-bond acceptors (Lipinski definition) is 5. The molecule has 0 radical (unpaired) electrons. The van der Waals surface area contributed by atoms with Gasteiger partial charge in [0.25, 0.3) is 0 Å². The van der Waals surface area contributed by atoms with E-state index < -0.39 is 5.97 Å². The molecule has 0 unspecified atom stereocenters. The fraction of sp³-hybridized carbons (Fsp3) is 0.500. The van der Waals surface area contributed by atoms with Gasteiger partial charge in [0.1, 0.15) is 12.4 Å². The molecule has 0 bridgehead atoms. The lowest BCUT2D eigenvalue weighted by atomic mass is 10.2. The summed E-state index contributed by atoms with van der Waals surface area (Å²) in [6.45, 7) is 2.84. The van der Waals surface area contributed by atoms with E-state index >= 15 is 0 Å². The highest BCUT2D eigenvalue weighted by Crippen LogP contribution is 2.21. The number of carboxylic acid groups (broad SMARTS) is 1. The number of rotatable bonds is 11. The van der Waals surface area contributed by atoms with Gasteiger partial charge in [-0.25, -0.2) is 4.79 Å². The molecular formula is C14H19BrO6. The Bertz CT molecular complexity index is 437. The third-order valence-corrected chi connectivity index (χ3v) is 2.88. The molecule has 1 aromatic carbocycles. The van der Waals surface area contributed by atoms with E-state index in [1.54, 1.807) is 13.2 Å². The monoisotopic (exact) mass is 362 g/mol. The van der Waals surface area contributed by atoms with E-state index in [9.17, 15) is 4.79 Å². The maximum absolute atomic E-state index is 10.9. The Labute approximate surface area is 132 Å². The molecule has 7 heteroatoms. The van der Waals surface area contributed by atoms with Crippen molar-refractivity contribution in [2.45, 2.75) is 0 Å². The Morgan fingerprint density at radius 3 is 2.29 bits per heavy atom. The number of carboxylic acids is 1. The van der Waals surface area contributed by atoms with Crippen LogP contribution in [0.5, 0.6) is 5.75 Å². The van der Waals surface area contributed by atoms with Crippen molar-refractivity contribution >= 4 is 21.9 Å². The van der Waals surface area contributed by atoms with Gasteiger partial charge in [0.2, 0.25) is 0 Å². The lowest BCUT2D eigenvalue weighted by Crippen LogP contribution is -2.12. The summed E-state index contributed by atoms with van der Waals surface area (Å²) in [5.41, 5.74) is 0.173. The molecule has 0 heterocycles. The molecule has 1 aromatic rings. The minimum absolute atomic E-state index is 0.173. The topological polar surface area (TPSA) is 74.2 Å². The van der Waals surface area contributed by atoms with Crippen LogP contribution in [0.15, 0.2) is 22.7 Å². The lowest BCUT2D eigenvalue weighted by molar-refractivity contribution is 0.0179. The first-order chi connectivity index (χ1) is 10.1. The number of ether oxygens (including phenoxy) is 4. The van der Waals surface area contributed by atoms with Crippen LogP contribution < -0.4 is 4.74 Å². The minimum atomic E-state index is -0.995. The fourth-order valence-electron chi connectivity index (χ4n) is 1.45. The first-order valence-corrected chi connectivity index (χ1v) is 7.24. The van der Waals surface area contributed by atoms with E-state index in [4.69, 9.17) is 24.1 Å². The third kappa shape index (κ3) is 8.01. The molecule has 1 rings (SSSR count). The number of halogens is 1. The average Bonchev–Trinajstić information content (AvgIpc) is 2.45. The molecule has 0 atom stereocenters. The number of methoxy groups -OCH3 is 1. The molecule has 0 amide bonds. The number of hydrogen-bond donors (Lipinski definition) is 1. The summed E-state index contributed by atoms with van der Waals surface area (Å²) in [6.07, 6.45) is 0. The van der Waals surface area contributed by atoms with Gasteiger partial charge in [-0.1, -0.05) is 15.9 Å². The first-order valence-electron chi connectivity index (χ1n) is 6.44. The third-order valence-electron chi connectivity index (χ3n) is 2.42. The van der Waals surface area contributed by atoms with E-state index in [-0.39, 0.29) is 5.56 Å². The average molecular weight is 363 g/mol. The second-order valence-electron chi connectivity index (χ2n) is 4.05. The Hall–Kier alpha value is -1.15. The molecule has 0 aliphatic carbocycles. The first kappa shape index (κ1) is 17.9. The van der Waals surface area contributed by atoms with Gasteiger partial charge < -0.3 is 24.1 Å². The second-order valence-corrected chi connectivity index (χ2v) is 4.96. The van der Waals surface area contributed by atoms with Crippen LogP contribution in [0.4, 0.5) is 0 Å². The van der Waals surface area contributed by atoms with Gasteiger partial charge in [-0.2, -0.15) is 0 Å². The predicted octanol–water partition coefficient (Wildman–Crippen LogP) is 2.21. The van der Waals surface area contributed by atoms with E-state index in [1.165, 1.54) is 12.1 Å². The van der Waals surface area contributed by atoms with Crippen LogP contribution in [-0.4, -0.2) is 57.8 Å². The summed E-state index contributed by atoms with van der Waals surface area (Å²) in [5.74, 6) is -0.507. The highest BCUT2D eigenvalue weighted by Gasteiger charge is 2.06. The van der Waals surface area contributed by atoms with E-state index in [0.29, 0.717) is 49.9 Å². The summed E-state index contributed by atoms with van der Waals surface area (Å²) < 4.78 is 21.5. The molecular weight excluding hydrogens is 344 g/mol. The van der Waals surface area contributed by atoms with Gasteiger partial charge in [0, 0.05) is 11.6 Å². The van der Waals surface area contributed by atoms with Crippen molar-refractivity contribution in [3.8, 4) is 5.75 Å². The van der Waals surface area contributed by atoms with Crippen LogP contribution in [0.3, 0.4) is 0 Å². The Balaban J connectivity index is 2.17. The maximum Gasteiger partial charge on any atom is 0.335 e. The molecule has 1 N–H and O–H groups in total. The summed E-state index contributed by atoms with van der Waals surface area (Å²) in [4.78, 5) is 10.9. The molecule has 118 valence electrons. The second kappa shape index (κ2) is 10.6. The molecule has 6 nitrogen and oxygen atoms in total. The number of aromatic carboxylic acids is 1. The van der Waals surface area contributed by atoms with Gasteiger partial charge in [0.05, 0.1) is 38.6 Å². The van der Waals surface area contributed by atoms with Crippen molar-refractivity contribution in [3.05, 3.63) is 28.2 Å². The predicted molar refractivity (Wildman–Crippen MR) is 80.1 cm³/mol. The molecule has 21 heavy (non-hydrogen) atoms. The quantitative estimate of drug-likeness (QED) is 0.608. The van der Waals surface area contributed by atoms with E-state index in [2.05, 4.69) is 15.9 Å². The van der Waals surface area contributed by atoms with Crippen LogP contribution in [-0.2, 0) is 14.2 Å². The summed E-state index contributed by atoms with van der Waals surface area (Å²) in [6, 6.07) is 4.70. The van der Waals surface area contributed by atoms with Gasteiger partial charge in [-0.05, 0) is 18.2 Å². The SMILES string of the molecule is COCCOCCOCCOc1cc(Br)cc(C(=O)O)c1. The van der Waals surface area contributed by atoms with Crippen LogP contribution in [0.1, 0.15) is 10.4 Å². The molecule has 0 fully saturated rings. The van der Waals surface area contributed by atoms with Gasteiger partial charge in [-0.3, -0.25) is 0 Å². The summed E-state index contributed by atoms with van der Waals surface area (Å²) >= 11 is 3.24. The zero-order valence-corrected chi connectivity index (χ0v) is 13.4. The van der Waals surface area contributed by atoms with Gasteiger partial charge >= 0.3 is 5.97 Å². The van der Waals surface area contributed by atoms with Crippen LogP contribution in [0.2, 0.25) is 0 Å². The normalized spacial score (nSPS) is 10.6. The molecule has 0 aromatic heterocycles. The van der Waals surface area contributed by atoms with Crippen LogP contribution in [0.25, 0.3) is 0 Å². The van der Waals surface area contributed by atoms with Crippen molar-refractivity contribution in [1.82, 2.24) is 0 Å². The maximum atomic E-state index is 10.9. The standard InChI is InChI=1S/C14H19BrO6/c1-18-2-3-19-4-5-20-6-7-21-13-9-11(14(16)17)8-12(15)10-13/h8-10H,2-7H2,1H3,(H,16,17). The molecule has 0 spiro atoms. The number of benzene rings is 1. The molecule has 0 aliphatic heterocycles. The van der Waals surface area contributed by atoms with E-state index in [0.717, 1.165) is 0 Å². The van der Waals surface area contributed by atoms with Crippen LogP contribution >= 0.6 is 15.9 Å². The zero-order valence-electron chi connectivity index (χ0n) is 11.8. The summed E-state index contributed by atoms with van der Waals surface area (Å²) in [7, 11) is 1.62. The molecule has 0 saturated carbocycles. The van der Waals surface area contributed by atoms with Crippen molar-refractivity contribution in [2.24, 2.45) is 0 Å². The fourth-order valence-corrected chi connectivity index (χ4v) is 1.92. The van der Waals surface area contributed by atoms with Crippen molar-refractivity contribution < 1.29 is 28.8 Å². The van der Waals surface area contributed by atoms with E-state index in [1.807, 2.05) is 0 Å². The Morgan fingerprint density at radius 1 is 1.05 bits per heavy atom. The zero-order chi connectivity index (χ0) is 15.5. The van der Waals surface area contributed by atoms with Gasteiger partial charge in [-0.15, -0.1) is 0 Å².